The number of nitrogens with two attached hydrogens (primary N) is 1. The van der Waals surface area contributed by atoms with Crippen molar-refractivity contribution in [1.82, 2.24) is 0 Å². The van der Waals surface area contributed by atoms with Crippen molar-refractivity contribution in [3.63, 3.8) is 0 Å². The van der Waals surface area contributed by atoms with Crippen molar-refractivity contribution in [1.29, 1.82) is 0 Å². The molecule has 0 saturated carbocycles. The number of benzene rings is 3. The number of halogens is 2. The van der Waals surface area contributed by atoms with Gasteiger partial charge >= 0.3 is 0 Å². The molecule has 3 aromatic carbocycles. The van der Waals surface area contributed by atoms with E-state index in [0.717, 1.165) is 6.07 Å². The van der Waals surface area contributed by atoms with Gasteiger partial charge in [0.25, 0.3) is 11.8 Å². The molecular weight excluding hydrogens is 404 g/mol. The molecule has 6 nitrogen and oxygen atoms in total. The zero-order valence-electron chi connectivity index (χ0n) is 16.8. The number of hydrogen-bond donors (Lipinski definition) is 3. The first-order valence-corrected chi connectivity index (χ1v) is 9.25. The minimum absolute atomic E-state index is 0.0832. The minimum Gasteiger partial charge on any atom is -0.366 e. The normalized spacial score (nSPS) is 10.5. The van der Waals surface area contributed by atoms with Crippen LogP contribution in [0.2, 0.25) is 0 Å². The SMILES string of the molecule is Cc1ccc(C(=O)Nc2cc(C(N)=O)cc(F)c2C)cc1NC(=O)c1ccccc1F. The number of amides is 3. The molecule has 31 heavy (non-hydrogen) atoms. The molecule has 158 valence electrons. The third-order valence-electron chi connectivity index (χ3n) is 4.74. The Kier molecular flexibility index (Phi) is 6.10. The van der Waals surface area contributed by atoms with Crippen LogP contribution >= 0.6 is 0 Å². The van der Waals surface area contributed by atoms with E-state index in [1.165, 1.54) is 49.4 Å². The number of aryl methyl sites for hydroxylation is 1. The van der Waals surface area contributed by atoms with Crippen molar-refractivity contribution in [3.05, 3.63) is 94.0 Å². The molecule has 8 heteroatoms. The number of hydrogen-bond acceptors (Lipinski definition) is 3. The molecule has 0 bridgehead atoms. The second kappa shape index (κ2) is 8.74. The van der Waals surface area contributed by atoms with Gasteiger partial charge in [-0.25, -0.2) is 8.78 Å². The van der Waals surface area contributed by atoms with Gasteiger partial charge in [-0.3, -0.25) is 14.4 Å². The van der Waals surface area contributed by atoms with E-state index >= 15 is 0 Å². The monoisotopic (exact) mass is 423 g/mol. The summed E-state index contributed by atoms with van der Waals surface area (Å²) in [5.74, 6) is -3.44. The Bertz CT molecular complexity index is 1210. The Morgan fingerprint density at radius 1 is 0.774 bits per heavy atom. The number of carbonyl (C=O) groups excluding carboxylic acids is 3. The third kappa shape index (κ3) is 4.75. The Morgan fingerprint density at radius 3 is 2.10 bits per heavy atom. The van der Waals surface area contributed by atoms with Gasteiger partial charge in [-0.1, -0.05) is 18.2 Å². The van der Waals surface area contributed by atoms with E-state index in [4.69, 9.17) is 5.73 Å². The summed E-state index contributed by atoms with van der Waals surface area (Å²) < 4.78 is 27.9. The molecule has 0 atom stereocenters. The van der Waals surface area contributed by atoms with Gasteiger partial charge in [0.1, 0.15) is 11.6 Å². The highest BCUT2D eigenvalue weighted by Crippen LogP contribution is 2.23. The Labute approximate surface area is 177 Å². The van der Waals surface area contributed by atoms with Crippen molar-refractivity contribution in [2.75, 3.05) is 10.6 Å². The quantitative estimate of drug-likeness (QED) is 0.574. The van der Waals surface area contributed by atoms with Crippen LogP contribution in [-0.4, -0.2) is 17.7 Å². The van der Waals surface area contributed by atoms with E-state index < -0.39 is 29.4 Å². The fourth-order valence-corrected chi connectivity index (χ4v) is 2.88. The maximum Gasteiger partial charge on any atom is 0.258 e. The van der Waals surface area contributed by atoms with Crippen LogP contribution in [-0.2, 0) is 0 Å². The van der Waals surface area contributed by atoms with Gasteiger partial charge in [0.15, 0.2) is 0 Å². The Morgan fingerprint density at radius 2 is 1.42 bits per heavy atom. The van der Waals surface area contributed by atoms with E-state index in [1.54, 1.807) is 13.0 Å². The van der Waals surface area contributed by atoms with Gasteiger partial charge in [0.2, 0.25) is 5.91 Å². The smallest absolute Gasteiger partial charge is 0.258 e. The molecule has 0 radical (unpaired) electrons. The Hall–Kier alpha value is -4.07. The van der Waals surface area contributed by atoms with Crippen molar-refractivity contribution < 1.29 is 23.2 Å². The summed E-state index contributed by atoms with van der Waals surface area (Å²) in [6.45, 7) is 3.17. The minimum atomic E-state index is -0.831. The number of carbonyl (C=O) groups is 3. The highest BCUT2D eigenvalue weighted by molar-refractivity contribution is 6.08. The molecule has 0 heterocycles. The average molecular weight is 423 g/mol. The lowest BCUT2D eigenvalue weighted by Gasteiger charge is -2.13. The maximum absolute atomic E-state index is 14.1. The number of anilines is 2. The lowest BCUT2D eigenvalue weighted by atomic mass is 10.1. The Balaban J connectivity index is 1.86. The first kappa shape index (κ1) is 21.6. The van der Waals surface area contributed by atoms with Crippen molar-refractivity contribution >= 4 is 29.1 Å². The van der Waals surface area contributed by atoms with E-state index in [9.17, 15) is 23.2 Å². The fraction of sp³-hybridized carbons (Fsp3) is 0.0870. The van der Waals surface area contributed by atoms with Gasteiger partial charge in [0, 0.05) is 28.1 Å². The molecule has 0 spiro atoms. The lowest BCUT2D eigenvalue weighted by Crippen LogP contribution is -2.18. The highest BCUT2D eigenvalue weighted by Gasteiger charge is 2.16. The summed E-state index contributed by atoms with van der Waals surface area (Å²) in [4.78, 5) is 36.5. The van der Waals surface area contributed by atoms with Crippen LogP contribution in [0.3, 0.4) is 0 Å². The number of rotatable bonds is 5. The van der Waals surface area contributed by atoms with Crippen LogP contribution in [0.15, 0.2) is 54.6 Å². The summed E-state index contributed by atoms with van der Waals surface area (Å²) in [5, 5.41) is 5.13. The summed E-state index contributed by atoms with van der Waals surface area (Å²) in [7, 11) is 0. The predicted octanol–water partition coefficient (Wildman–Crippen LogP) is 4.19. The molecule has 0 saturated heterocycles. The second-order valence-corrected chi connectivity index (χ2v) is 6.91. The van der Waals surface area contributed by atoms with Crippen LogP contribution in [0.4, 0.5) is 20.2 Å². The molecule has 0 aliphatic heterocycles. The highest BCUT2D eigenvalue weighted by atomic mass is 19.1. The van der Waals surface area contributed by atoms with Crippen LogP contribution < -0.4 is 16.4 Å². The first-order chi connectivity index (χ1) is 14.7. The van der Waals surface area contributed by atoms with E-state index in [2.05, 4.69) is 10.6 Å². The molecule has 0 aromatic heterocycles. The molecular formula is C23H19F2N3O3. The van der Waals surface area contributed by atoms with E-state index in [0.29, 0.717) is 11.3 Å². The average Bonchev–Trinajstić information content (AvgIpc) is 2.72. The molecule has 0 aliphatic rings. The van der Waals surface area contributed by atoms with Crippen LogP contribution in [0.25, 0.3) is 0 Å². The number of primary amides is 1. The summed E-state index contributed by atoms with van der Waals surface area (Å²) in [5.41, 5.74) is 6.35. The van der Waals surface area contributed by atoms with E-state index in [-0.39, 0.29) is 27.9 Å². The molecule has 4 N–H and O–H groups in total. The molecule has 3 rings (SSSR count). The van der Waals surface area contributed by atoms with Crippen LogP contribution in [0.5, 0.6) is 0 Å². The zero-order valence-corrected chi connectivity index (χ0v) is 16.8. The molecule has 3 amide bonds. The van der Waals surface area contributed by atoms with Crippen molar-refractivity contribution in [2.24, 2.45) is 5.73 Å². The largest absolute Gasteiger partial charge is 0.366 e. The van der Waals surface area contributed by atoms with Crippen LogP contribution in [0, 0.1) is 25.5 Å². The number of nitrogens with one attached hydrogen (secondary N) is 2. The maximum atomic E-state index is 14.1. The predicted molar refractivity (Wildman–Crippen MR) is 113 cm³/mol. The third-order valence-corrected chi connectivity index (χ3v) is 4.74. The summed E-state index contributed by atoms with van der Waals surface area (Å²) >= 11 is 0. The summed E-state index contributed by atoms with van der Waals surface area (Å²) in [6.07, 6.45) is 0. The zero-order chi connectivity index (χ0) is 22.7. The summed E-state index contributed by atoms with van der Waals surface area (Å²) in [6, 6.07) is 12.4. The van der Waals surface area contributed by atoms with Crippen molar-refractivity contribution in [2.45, 2.75) is 13.8 Å². The van der Waals surface area contributed by atoms with Crippen molar-refractivity contribution in [3.8, 4) is 0 Å². The first-order valence-electron chi connectivity index (χ1n) is 9.25. The van der Waals surface area contributed by atoms with Crippen LogP contribution in [0.1, 0.15) is 42.2 Å². The van der Waals surface area contributed by atoms with Gasteiger partial charge < -0.3 is 16.4 Å². The standard InChI is InChI=1S/C23H19F2N3O3/c1-12-7-8-14(10-19(12)27-23(31)16-5-3-4-6-17(16)24)22(30)28-20-11-15(21(26)29)9-18(25)13(20)2/h3-11H,1-2H3,(H2,26,29)(H,27,31)(H,28,30). The molecule has 0 aliphatic carbocycles. The lowest BCUT2D eigenvalue weighted by molar-refractivity contribution is 0.0995. The second-order valence-electron chi connectivity index (χ2n) is 6.91. The van der Waals surface area contributed by atoms with E-state index in [1.807, 2.05) is 0 Å². The fourth-order valence-electron chi connectivity index (χ4n) is 2.88. The topological polar surface area (TPSA) is 101 Å². The molecule has 0 fully saturated rings. The van der Waals surface area contributed by atoms with Gasteiger partial charge in [-0.15, -0.1) is 0 Å². The van der Waals surface area contributed by atoms with Gasteiger partial charge in [-0.2, -0.15) is 0 Å². The van der Waals surface area contributed by atoms with Gasteiger partial charge in [0.05, 0.1) is 5.56 Å². The molecule has 0 unspecified atom stereocenters. The van der Waals surface area contributed by atoms with Gasteiger partial charge in [-0.05, 0) is 55.8 Å². The molecule has 3 aromatic rings.